The van der Waals surface area contributed by atoms with Crippen LogP contribution >= 0.6 is 22.9 Å². The van der Waals surface area contributed by atoms with Gasteiger partial charge in [-0.2, -0.15) is 4.37 Å². The first kappa shape index (κ1) is 20.8. The van der Waals surface area contributed by atoms with Crippen molar-refractivity contribution in [3.05, 3.63) is 33.0 Å². The standard InChI is InChI=1S/C17H23N5O3S2/c1-9(15(24)20-17(2,3)4)22(8-10-6-5-7-26-10)16(25)13-11(18)12(14(19)23)21-27-13/h5-7,9H,8,18H2,1-4H3,(H2,19,23)(H,20,24)/t9-/m0/s1. The number of nitrogen functional groups attached to an aromatic ring is 1. The number of carbonyl (C=O) groups excluding carboxylic acids is 3. The molecule has 0 aliphatic carbocycles. The highest BCUT2D eigenvalue weighted by molar-refractivity contribution is 7.10. The summed E-state index contributed by atoms with van der Waals surface area (Å²) in [7, 11) is 0. The molecule has 0 aliphatic heterocycles. The molecule has 0 saturated heterocycles. The fourth-order valence-electron chi connectivity index (χ4n) is 2.33. The van der Waals surface area contributed by atoms with Crippen LogP contribution in [0.25, 0.3) is 0 Å². The van der Waals surface area contributed by atoms with Crippen molar-refractivity contribution < 1.29 is 14.4 Å². The molecule has 0 unspecified atom stereocenters. The van der Waals surface area contributed by atoms with E-state index in [2.05, 4.69) is 9.69 Å². The molecule has 0 aromatic carbocycles. The first-order valence-corrected chi connectivity index (χ1v) is 9.87. The van der Waals surface area contributed by atoms with E-state index in [4.69, 9.17) is 11.5 Å². The number of thiophene rings is 1. The van der Waals surface area contributed by atoms with E-state index in [-0.39, 0.29) is 28.7 Å². The van der Waals surface area contributed by atoms with E-state index in [0.717, 1.165) is 16.4 Å². The Morgan fingerprint density at radius 2 is 2.00 bits per heavy atom. The molecule has 0 aliphatic rings. The van der Waals surface area contributed by atoms with Crippen LogP contribution < -0.4 is 16.8 Å². The molecular formula is C17H23N5O3S2. The largest absolute Gasteiger partial charge is 0.395 e. The third-order valence-corrected chi connectivity index (χ3v) is 5.38. The van der Waals surface area contributed by atoms with E-state index in [0.29, 0.717) is 0 Å². The number of rotatable bonds is 6. The number of carbonyl (C=O) groups is 3. The summed E-state index contributed by atoms with van der Waals surface area (Å²) in [5, 5.41) is 4.77. The van der Waals surface area contributed by atoms with Gasteiger partial charge in [-0.15, -0.1) is 11.3 Å². The van der Waals surface area contributed by atoms with Gasteiger partial charge in [0.2, 0.25) is 5.91 Å². The summed E-state index contributed by atoms with van der Waals surface area (Å²) in [6.45, 7) is 7.48. The molecule has 0 spiro atoms. The molecule has 1 atom stereocenters. The zero-order valence-electron chi connectivity index (χ0n) is 15.6. The molecule has 0 radical (unpaired) electrons. The summed E-state index contributed by atoms with van der Waals surface area (Å²) >= 11 is 2.28. The second-order valence-electron chi connectivity index (χ2n) is 7.07. The van der Waals surface area contributed by atoms with Gasteiger partial charge in [0, 0.05) is 10.4 Å². The maximum absolute atomic E-state index is 13.1. The van der Waals surface area contributed by atoms with Crippen molar-refractivity contribution in [2.45, 2.75) is 45.8 Å². The number of hydrogen-bond donors (Lipinski definition) is 3. The van der Waals surface area contributed by atoms with Gasteiger partial charge in [0.1, 0.15) is 10.9 Å². The molecule has 0 fully saturated rings. The summed E-state index contributed by atoms with van der Waals surface area (Å²) in [6.07, 6.45) is 0. The highest BCUT2D eigenvalue weighted by atomic mass is 32.1. The minimum absolute atomic E-state index is 0.0582. The van der Waals surface area contributed by atoms with Gasteiger partial charge in [0.15, 0.2) is 5.69 Å². The topological polar surface area (TPSA) is 131 Å². The Kier molecular flexibility index (Phi) is 6.22. The van der Waals surface area contributed by atoms with Crippen LogP contribution in [0.2, 0.25) is 0 Å². The van der Waals surface area contributed by atoms with Crippen molar-refractivity contribution in [1.29, 1.82) is 0 Å². The zero-order valence-corrected chi connectivity index (χ0v) is 17.2. The predicted octanol–water partition coefficient (Wildman–Crippen LogP) is 1.83. The van der Waals surface area contributed by atoms with Crippen molar-refractivity contribution in [1.82, 2.24) is 14.6 Å². The van der Waals surface area contributed by atoms with E-state index < -0.39 is 23.4 Å². The molecule has 27 heavy (non-hydrogen) atoms. The first-order valence-electron chi connectivity index (χ1n) is 8.21. The van der Waals surface area contributed by atoms with Crippen LogP contribution in [-0.2, 0) is 11.3 Å². The fraction of sp³-hybridized carbons (Fsp3) is 0.412. The number of nitrogens with zero attached hydrogens (tertiary/aromatic N) is 2. The van der Waals surface area contributed by atoms with Gasteiger partial charge in [-0.3, -0.25) is 14.4 Å². The third-order valence-electron chi connectivity index (χ3n) is 3.67. The lowest BCUT2D eigenvalue weighted by atomic mass is 10.1. The van der Waals surface area contributed by atoms with E-state index in [9.17, 15) is 14.4 Å². The molecule has 2 heterocycles. The number of aromatic nitrogens is 1. The number of anilines is 1. The molecule has 2 aromatic rings. The molecule has 0 saturated carbocycles. The number of amides is 3. The fourth-order valence-corrected chi connectivity index (χ4v) is 3.79. The lowest BCUT2D eigenvalue weighted by Gasteiger charge is -2.30. The Bertz CT molecular complexity index is 839. The van der Waals surface area contributed by atoms with Crippen LogP contribution in [0.1, 0.15) is 52.7 Å². The van der Waals surface area contributed by atoms with Crippen LogP contribution in [0.15, 0.2) is 17.5 Å². The van der Waals surface area contributed by atoms with Gasteiger partial charge in [-0.1, -0.05) is 6.07 Å². The minimum atomic E-state index is -0.800. The summed E-state index contributed by atoms with van der Waals surface area (Å²) in [5.41, 5.74) is 10.5. The lowest BCUT2D eigenvalue weighted by molar-refractivity contribution is -0.126. The molecule has 0 bridgehead atoms. The number of hydrogen-bond acceptors (Lipinski definition) is 7. The maximum atomic E-state index is 13.1. The summed E-state index contributed by atoms with van der Waals surface area (Å²) in [5.74, 6) is -1.56. The average molecular weight is 410 g/mol. The Labute approximate surface area is 165 Å². The van der Waals surface area contributed by atoms with Gasteiger partial charge in [-0.25, -0.2) is 0 Å². The normalized spacial score (nSPS) is 12.4. The van der Waals surface area contributed by atoms with Crippen molar-refractivity contribution >= 4 is 46.3 Å². The molecule has 3 amide bonds. The highest BCUT2D eigenvalue weighted by Gasteiger charge is 2.32. The third kappa shape index (κ3) is 5.04. The van der Waals surface area contributed by atoms with E-state index in [1.54, 1.807) is 6.92 Å². The van der Waals surface area contributed by atoms with Crippen LogP contribution in [-0.4, -0.2) is 38.6 Å². The number of nitrogens with one attached hydrogen (secondary N) is 1. The summed E-state index contributed by atoms with van der Waals surface area (Å²) in [6, 6.07) is 3.00. The predicted molar refractivity (Wildman–Crippen MR) is 107 cm³/mol. The quantitative estimate of drug-likeness (QED) is 0.670. The van der Waals surface area contributed by atoms with Crippen molar-refractivity contribution in [2.24, 2.45) is 5.73 Å². The lowest BCUT2D eigenvalue weighted by Crippen LogP contribution is -2.52. The molecule has 146 valence electrons. The van der Waals surface area contributed by atoms with Crippen molar-refractivity contribution in [3.63, 3.8) is 0 Å². The van der Waals surface area contributed by atoms with Gasteiger partial charge in [-0.05, 0) is 50.7 Å². The van der Waals surface area contributed by atoms with Crippen molar-refractivity contribution in [3.8, 4) is 0 Å². The molecule has 8 nitrogen and oxygen atoms in total. The van der Waals surface area contributed by atoms with E-state index in [1.807, 2.05) is 38.3 Å². The molecule has 5 N–H and O–H groups in total. The van der Waals surface area contributed by atoms with Crippen LogP contribution in [0.5, 0.6) is 0 Å². The SMILES string of the molecule is C[C@@H](C(=O)NC(C)(C)C)N(Cc1cccs1)C(=O)c1snc(C(N)=O)c1N. The van der Waals surface area contributed by atoms with Crippen LogP contribution in [0.4, 0.5) is 5.69 Å². The van der Waals surface area contributed by atoms with Crippen LogP contribution in [0.3, 0.4) is 0 Å². The van der Waals surface area contributed by atoms with Gasteiger partial charge in [0.25, 0.3) is 11.8 Å². The number of nitrogens with two attached hydrogens (primary N) is 2. The van der Waals surface area contributed by atoms with Crippen molar-refractivity contribution in [2.75, 3.05) is 5.73 Å². The van der Waals surface area contributed by atoms with Crippen LogP contribution in [0, 0.1) is 0 Å². The number of primary amides is 1. The Morgan fingerprint density at radius 3 is 2.48 bits per heavy atom. The molecule has 2 aromatic heterocycles. The van der Waals surface area contributed by atoms with E-state index >= 15 is 0 Å². The first-order chi connectivity index (χ1) is 12.5. The smallest absolute Gasteiger partial charge is 0.270 e. The second kappa shape index (κ2) is 8.05. The molecular weight excluding hydrogens is 386 g/mol. The zero-order chi connectivity index (χ0) is 20.4. The van der Waals surface area contributed by atoms with Gasteiger partial charge < -0.3 is 21.7 Å². The Balaban J connectivity index is 2.35. The Morgan fingerprint density at radius 1 is 1.33 bits per heavy atom. The second-order valence-corrected chi connectivity index (χ2v) is 8.87. The Hall–Kier alpha value is -2.46. The van der Waals surface area contributed by atoms with Gasteiger partial charge in [0.05, 0.1) is 12.2 Å². The molecule has 10 heteroatoms. The average Bonchev–Trinajstić information content (AvgIpc) is 3.19. The highest BCUT2D eigenvalue weighted by Crippen LogP contribution is 2.26. The van der Waals surface area contributed by atoms with E-state index in [1.165, 1.54) is 16.2 Å². The minimum Gasteiger partial charge on any atom is -0.395 e. The summed E-state index contributed by atoms with van der Waals surface area (Å²) < 4.78 is 3.88. The maximum Gasteiger partial charge on any atom is 0.270 e. The summed E-state index contributed by atoms with van der Waals surface area (Å²) in [4.78, 5) is 39.6. The molecule has 2 rings (SSSR count). The van der Waals surface area contributed by atoms with Gasteiger partial charge >= 0.3 is 0 Å². The monoisotopic (exact) mass is 409 g/mol.